The van der Waals surface area contributed by atoms with Crippen LogP contribution in [0.15, 0.2) is 121 Å². The highest BCUT2D eigenvalue weighted by Crippen LogP contribution is 2.47. The van der Waals surface area contributed by atoms with Crippen LogP contribution in [0.2, 0.25) is 0 Å². The van der Waals surface area contributed by atoms with Crippen LogP contribution in [-0.2, 0) is 22.1 Å². The number of sulfonamides is 1. The zero-order valence-electron chi connectivity index (χ0n) is 25.4. The van der Waals surface area contributed by atoms with Gasteiger partial charge in [0.1, 0.15) is 11.5 Å². The molecule has 3 aromatic carbocycles. The molecule has 7 heteroatoms. The van der Waals surface area contributed by atoms with Crippen molar-refractivity contribution in [2.75, 3.05) is 19.8 Å². The maximum atomic E-state index is 13.8. The van der Waals surface area contributed by atoms with Crippen LogP contribution in [-0.4, -0.2) is 32.5 Å². The Labute approximate surface area is 257 Å². The summed E-state index contributed by atoms with van der Waals surface area (Å²) in [6.07, 6.45) is 9.33. The summed E-state index contributed by atoms with van der Waals surface area (Å²) in [7, 11) is -3.78. The standard InChI is InChI=1S/C36H42N2O4S/c1-6-9-10-11-28(4)26-38(43(39,40)35-22-20-34(21-23-35)42-8-3)27-30-12-14-31(15-13-30)29(5)37-36(24-25-36)32-16-18-33(19-17-32)41-7-2/h6,9-23,37H,1,5,7-8,24-27H2,2-4H3/b10-9-,28-11+. The third-order valence-electron chi connectivity index (χ3n) is 7.35. The Bertz CT molecular complexity index is 1550. The molecule has 1 N–H and O–H groups in total. The predicted octanol–water partition coefficient (Wildman–Crippen LogP) is 7.61. The molecule has 6 nitrogen and oxygen atoms in total. The summed E-state index contributed by atoms with van der Waals surface area (Å²) in [4.78, 5) is 0.226. The molecule has 226 valence electrons. The molecule has 4 rings (SSSR count). The molecule has 0 radical (unpaired) electrons. The van der Waals surface area contributed by atoms with E-state index < -0.39 is 10.0 Å². The van der Waals surface area contributed by atoms with Crippen LogP contribution >= 0.6 is 0 Å². The molecule has 0 atom stereocenters. The molecule has 1 aliphatic rings. The molecule has 43 heavy (non-hydrogen) atoms. The molecule has 0 heterocycles. The molecule has 1 saturated carbocycles. The first-order chi connectivity index (χ1) is 20.7. The van der Waals surface area contributed by atoms with Gasteiger partial charge in [-0.3, -0.25) is 0 Å². The molecular formula is C36H42N2O4S. The molecule has 0 aromatic heterocycles. The predicted molar refractivity (Wildman–Crippen MR) is 175 cm³/mol. The average molecular weight is 599 g/mol. The van der Waals surface area contributed by atoms with E-state index in [4.69, 9.17) is 9.47 Å². The number of ether oxygens (including phenoxy) is 2. The van der Waals surface area contributed by atoms with Gasteiger partial charge >= 0.3 is 0 Å². The van der Waals surface area contributed by atoms with E-state index in [2.05, 4.69) is 30.6 Å². The number of nitrogens with zero attached hydrogens (tertiary/aromatic N) is 1. The van der Waals surface area contributed by atoms with Gasteiger partial charge in [0.15, 0.2) is 0 Å². The summed E-state index contributed by atoms with van der Waals surface area (Å²) in [5.74, 6) is 1.51. The smallest absolute Gasteiger partial charge is 0.243 e. The fraction of sp³-hybridized carbons (Fsp3) is 0.278. The Hall–Kier alpha value is -4.07. The minimum Gasteiger partial charge on any atom is -0.494 e. The summed E-state index contributed by atoms with van der Waals surface area (Å²) in [5, 5.41) is 3.65. The van der Waals surface area contributed by atoms with Crippen LogP contribution in [0.5, 0.6) is 11.5 Å². The van der Waals surface area contributed by atoms with Gasteiger partial charge in [0.05, 0.1) is 23.6 Å². The SMILES string of the molecule is C=C/C=C\C=C(/C)CN(Cc1ccc(C(=C)NC2(c3ccc(OCC)cc3)CC2)cc1)S(=O)(=O)c1ccc(OCC)cc1. The normalized spacial score (nSPS) is 14.5. The molecule has 1 aliphatic carbocycles. The summed E-state index contributed by atoms with van der Waals surface area (Å²) in [6.45, 7) is 15.4. The first kappa shape index (κ1) is 31.9. The molecule has 0 unspecified atom stereocenters. The van der Waals surface area contributed by atoms with Crippen LogP contribution in [0.1, 0.15) is 50.3 Å². The van der Waals surface area contributed by atoms with Crippen molar-refractivity contribution >= 4 is 15.7 Å². The van der Waals surface area contributed by atoms with Gasteiger partial charge in [0.2, 0.25) is 10.0 Å². The molecule has 0 saturated heterocycles. The van der Waals surface area contributed by atoms with Gasteiger partial charge in [0.25, 0.3) is 0 Å². The summed E-state index contributed by atoms with van der Waals surface area (Å²) in [5.41, 5.74) is 4.69. The fourth-order valence-corrected chi connectivity index (χ4v) is 6.37. The minimum absolute atomic E-state index is 0.118. The second kappa shape index (κ2) is 14.4. The number of allylic oxidation sites excluding steroid dienone is 4. The highest BCUT2D eigenvalue weighted by Gasteiger charge is 2.44. The Kier molecular flexibility index (Phi) is 10.7. The van der Waals surface area contributed by atoms with E-state index in [1.54, 1.807) is 30.3 Å². The molecule has 0 aliphatic heterocycles. The van der Waals surface area contributed by atoms with Crippen molar-refractivity contribution < 1.29 is 17.9 Å². The first-order valence-corrected chi connectivity index (χ1v) is 16.1. The summed E-state index contributed by atoms with van der Waals surface area (Å²) >= 11 is 0. The Morgan fingerprint density at radius 2 is 1.49 bits per heavy atom. The van der Waals surface area contributed by atoms with E-state index in [1.165, 1.54) is 9.87 Å². The Morgan fingerprint density at radius 3 is 2.02 bits per heavy atom. The van der Waals surface area contributed by atoms with Crippen molar-refractivity contribution in [2.45, 2.75) is 50.6 Å². The van der Waals surface area contributed by atoms with Crippen LogP contribution < -0.4 is 14.8 Å². The molecule has 0 bridgehead atoms. The van der Waals surface area contributed by atoms with Crippen LogP contribution in [0.25, 0.3) is 5.70 Å². The van der Waals surface area contributed by atoms with Crippen LogP contribution in [0.3, 0.4) is 0 Å². The third-order valence-corrected chi connectivity index (χ3v) is 9.15. The second-order valence-electron chi connectivity index (χ2n) is 10.7. The lowest BCUT2D eigenvalue weighted by molar-refractivity contribution is 0.340. The van der Waals surface area contributed by atoms with Crippen LogP contribution in [0.4, 0.5) is 0 Å². The maximum absolute atomic E-state index is 13.8. The summed E-state index contributed by atoms with van der Waals surface area (Å²) in [6, 6.07) is 22.8. The van der Waals surface area contributed by atoms with E-state index >= 15 is 0 Å². The molecule has 0 spiro atoms. The maximum Gasteiger partial charge on any atom is 0.243 e. The van der Waals surface area contributed by atoms with Gasteiger partial charge in [-0.05, 0) is 86.7 Å². The second-order valence-corrected chi connectivity index (χ2v) is 12.6. The molecule has 3 aromatic rings. The van der Waals surface area contributed by atoms with Gasteiger partial charge < -0.3 is 14.8 Å². The van der Waals surface area contributed by atoms with E-state index in [-0.39, 0.29) is 23.5 Å². The largest absolute Gasteiger partial charge is 0.494 e. The summed E-state index contributed by atoms with van der Waals surface area (Å²) < 4.78 is 40.2. The topological polar surface area (TPSA) is 67.9 Å². The number of hydrogen-bond donors (Lipinski definition) is 1. The van der Waals surface area contributed by atoms with Gasteiger partial charge in [-0.25, -0.2) is 8.42 Å². The minimum atomic E-state index is -3.78. The monoisotopic (exact) mass is 598 g/mol. The number of benzene rings is 3. The fourth-order valence-electron chi connectivity index (χ4n) is 4.90. The molecular weight excluding hydrogens is 556 g/mol. The van der Waals surface area contributed by atoms with E-state index in [0.717, 1.165) is 41.0 Å². The molecule has 0 amide bonds. The third kappa shape index (κ3) is 8.27. The molecule has 1 fully saturated rings. The van der Waals surface area contributed by atoms with Crippen molar-refractivity contribution in [1.82, 2.24) is 9.62 Å². The number of nitrogens with one attached hydrogen (secondary N) is 1. The van der Waals surface area contributed by atoms with Crippen molar-refractivity contribution in [3.63, 3.8) is 0 Å². The lowest BCUT2D eigenvalue weighted by Gasteiger charge is -2.24. The van der Waals surface area contributed by atoms with Crippen molar-refractivity contribution in [3.05, 3.63) is 133 Å². The highest BCUT2D eigenvalue weighted by atomic mass is 32.2. The van der Waals surface area contributed by atoms with Crippen molar-refractivity contribution in [1.29, 1.82) is 0 Å². The number of hydrogen-bond acceptors (Lipinski definition) is 5. The van der Waals surface area contributed by atoms with Crippen molar-refractivity contribution in [2.24, 2.45) is 0 Å². The van der Waals surface area contributed by atoms with E-state index in [1.807, 2.05) is 75.4 Å². The van der Waals surface area contributed by atoms with Gasteiger partial charge in [-0.2, -0.15) is 4.31 Å². The lowest BCUT2D eigenvalue weighted by Crippen LogP contribution is -2.32. The Morgan fingerprint density at radius 1 is 0.907 bits per heavy atom. The van der Waals surface area contributed by atoms with Gasteiger partial charge in [-0.1, -0.05) is 79.4 Å². The van der Waals surface area contributed by atoms with E-state index in [9.17, 15) is 8.42 Å². The highest BCUT2D eigenvalue weighted by molar-refractivity contribution is 7.89. The zero-order valence-corrected chi connectivity index (χ0v) is 26.2. The first-order valence-electron chi connectivity index (χ1n) is 14.7. The number of rotatable bonds is 16. The average Bonchev–Trinajstić information content (AvgIpc) is 3.78. The van der Waals surface area contributed by atoms with Gasteiger partial charge in [-0.15, -0.1) is 0 Å². The Balaban J connectivity index is 1.50. The zero-order chi connectivity index (χ0) is 30.9. The lowest BCUT2D eigenvalue weighted by atomic mass is 10.0. The van der Waals surface area contributed by atoms with Crippen molar-refractivity contribution in [3.8, 4) is 11.5 Å². The van der Waals surface area contributed by atoms with Crippen LogP contribution in [0, 0.1) is 0 Å². The quantitative estimate of drug-likeness (QED) is 0.172. The van der Waals surface area contributed by atoms with Gasteiger partial charge in [0, 0.05) is 18.8 Å². The van der Waals surface area contributed by atoms with E-state index in [0.29, 0.717) is 19.0 Å².